The topological polar surface area (TPSA) is 15.3 Å². The highest BCUT2D eigenvalue weighted by Crippen LogP contribution is 2.23. The van der Waals surface area contributed by atoms with Crippen LogP contribution in [0.2, 0.25) is 0 Å². The molecule has 0 saturated heterocycles. The minimum absolute atomic E-state index is 0.754. The smallest absolute Gasteiger partial charge is 0.0596 e. The summed E-state index contributed by atoms with van der Waals surface area (Å²) in [5.74, 6) is 0.754. The third kappa shape index (κ3) is 3.82. The lowest BCUT2D eigenvalue weighted by atomic mass is 10.1. The van der Waals surface area contributed by atoms with Crippen molar-refractivity contribution >= 4 is 11.4 Å². The number of anilines is 2. The Balaban J connectivity index is 2.59. The van der Waals surface area contributed by atoms with E-state index >= 15 is 0 Å². The van der Waals surface area contributed by atoms with E-state index in [4.69, 9.17) is 0 Å². The van der Waals surface area contributed by atoms with Crippen molar-refractivity contribution in [1.29, 1.82) is 0 Å². The lowest BCUT2D eigenvalue weighted by Gasteiger charge is -2.18. The van der Waals surface area contributed by atoms with Crippen LogP contribution in [0.25, 0.3) is 0 Å². The van der Waals surface area contributed by atoms with Gasteiger partial charge in [-0.1, -0.05) is 26.0 Å². The fourth-order valence-corrected chi connectivity index (χ4v) is 1.51. The number of hydrogen-bond donors (Lipinski definition) is 1. The fourth-order valence-electron chi connectivity index (χ4n) is 1.51. The van der Waals surface area contributed by atoms with E-state index in [0.717, 1.165) is 12.5 Å². The van der Waals surface area contributed by atoms with Gasteiger partial charge >= 0.3 is 0 Å². The van der Waals surface area contributed by atoms with Crippen molar-refractivity contribution in [3.8, 4) is 0 Å². The number of rotatable bonds is 5. The number of nitrogens with one attached hydrogen (secondary N) is 1. The predicted octanol–water partition coefficient (Wildman–Crippen LogP) is 3.21. The van der Waals surface area contributed by atoms with Gasteiger partial charge in [0.05, 0.1) is 11.4 Å². The predicted molar refractivity (Wildman–Crippen MR) is 68.7 cm³/mol. The van der Waals surface area contributed by atoms with Crippen LogP contribution in [0.3, 0.4) is 0 Å². The highest BCUT2D eigenvalue weighted by Gasteiger charge is 2.02. The molecule has 0 aliphatic heterocycles. The highest BCUT2D eigenvalue weighted by atomic mass is 15.1. The Morgan fingerprint density at radius 2 is 1.87 bits per heavy atom. The molecular weight excluding hydrogens is 184 g/mol. The summed E-state index contributed by atoms with van der Waals surface area (Å²) in [6, 6.07) is 8.42. The second-order valence-corrected chi connectivity index (χ2v) is 4.52. The van der Waals surface area contributed by atoms with Crippen molar-refractivity contribution in [3.05, 3.63) is 24.3 Å². The van der Waals surface area contributed by atoms with Gasteiger partial charge in [-0.25, -0.2) is 0 Å². The molecule has 0 aromatic heterocycles. The first kappa shape index (κ1) is 11.9. The van der Waals surface area contributed by atoms with Gasteiger partial charge in [0, 0.05) is 20.6 Å². The minimum Gasteiger partial charge on any atom is -0.383 e. The van der Waals surface area contributed by atoms with Crippen LogP contribution in [0.5, 0.6) is 0 Å². The van der Waals surface area contributed by atoms with E-state index in [2.05, 4.69) is 62.4 Å². The van der Waals surface area contributed by atoms with Gasteiger partial charge in [0.2, 0.25) is 0 Å². The molecule has 0 radical (unpaired) electrons. The second kappa shape index (κ2) is 5.64. The summed E-state index contributed by atoms with van der Waals surface area (Å²) in [7, 11) is 4.14. The lowest BCUT2D eigenvalue weighted by molar-refractivity contribution is 0.607. The number of hydrogen-bond acceptors (Lipinski definition) is 2. The summed E-state index contributed by atoms with van der Waals surface area (Å²) >= 11 is 0. The number of para-hydroxylation sites is 2. The van der Waals surface area contributed by atoms with Gasteiger partial charge in [-0.15, -0.1) is 0 Å². The van der Waals surface area contributed by atoms with Gasteiger partial charge in [-0.2, -0.15) is 0 Å². The maximum Gasteiger partial charge on any atom is 0.0596 e. The maximum absolute atomic E-state index is 3.48. The Labute approximate surface area is 93.3 Å². The summed E-state index contributed by atoms with van der Waals surface area (Å²) in [6.07, 6.45) is 1.21. The molecule has 1 N–H and O–H groups in total. The lowest BCUT2D eigenvalue weighted by Crippen LogP contribution is -2.13. The molecule has 2 nitrogen and oxygen atoms in total. The molecule has 0 heterocycles. The van der Waals surface area contributed by atoms with Crippen LogP contribution in [0.15, 0.2) is 24.3 Å². The van der Waals surface area contributed by atoms with Crippen LogP contribution in [-0.2, 0) is 0 Å². The fraction of sp³-hybridized carbons (Fsp3) is 0.538. The summed E-state index contributed by atoms with van der Waals surface area (Å²) < 4.78 is 0. The Morgan fingerprint density at radius 3 is 2.47 bits per heavy atom. The SMILES string of the molecule is CC(C)CCNc1ccccc1N(C)C. The molecule has 1 aromatic rings. The molecule has 0 fully saturated rings. The molecule has 0 bridgehead atoms. The van der Waals surface area contributed by atoms with E-state index < -0.39 is 0 Å². The average molecular weight is 206 g/mol. The average Bonchev–Trinajstić information content (AvgIpc) is 2.17. The Bertz CT molecular complexity index is 292. The Kier molecular flexibility index (Phi) is 4.47. The third-order valence-corrected chi connectivity index (χ3v) is 2.42. The van der Waals surface area contributed by atoms with Gasteiger partial charge in [-0.3, -0.25) is 0 Å². The van der Waals surface area contributed by atoms with Gasteiger partial charge in [0.1, 0.15) is 0 Å². The van der Waals surface area contributed by atoms with E-state index in [1.165, 1.54) is 17.8 Å². The molecule has 1 aromatic carbocycles. The summed E-state index contributed by atoms with van der Waals surface area (Å²) in [5, 5.41) is 3.48. The Hall–Kier alpha value is -1.18. The zero-order chi connectivity index (χ0) is 11.3. The minimum atomic E-state index is 0.754. The monoisotopic (exact) mass is 206 g/mol. The first-order valence-corrected chi connectivity index (χ1v) is 5.61. The molecule has 0 spiro atoms. The largest absolute Gasteiger partial charge is 0.383 e. The molecule has 0 amide bonds. The van der Waals surface area contributed by atoms with E-state index in [-0.39, 0.29) is 0 Å². The van der Waals surface area contributed by atoms with Crippen LogP contribution >= 0.6 is 0 Å². The number of nitrogens with zero attached hydrogens (tertiary/aromatic N) is 1. The first-order chi connectivity index (χ1) is 7.11. The normalized spacial score (nSPS) is 10.5. The van der Waals surface area contributed by atoms with E-state index in [0.29, 0.717) is 0 Å². The van der Waals surface area contributed by atoms with Crippen molar-refractivity contribution < 1.29 is 0 Å². The van der Waals surface area contributed by atoms with Crippen LogP contribution in [0.1, 0.15) is 20.3 Å². The summed E-state index contributed by atoms with van der Waals surface area (Å²) in [6.45, 7) is 5.54. The standard InChI is InChI=1S/C13H22N2/c1-11(2)9-10-14-12-7-5-6-8-13(12)15(3)4/h5-8,11,14H,9-10H2,1-4H3. The quantitative estimate of drug-likeness (QED) is 0.796. The molecule has 0 atom stereocenters. The van der Waals surface area contributed by atoms with E-state index in [1.54, 1.807) is 0 Å². The van der Waals surface area contributed by atoms with Crippen molar-refractivity contribution in [2.45, 2.75) is 20.3 Å². The molecule has 84 valence electrons. The van der Waals surface area contributed by atoms with Crippen molar-refractivity contribution in [2.75, 3.05) is 30.9 Å². The van der Waals surface area contributed by atoms with Crippen LogP contribution < -0.4 is 10.2 Å². The number of benzene rings is 1. The molecule has 0 saturated carbocycles. The maximum atomic E-state index is 3.48. The van der Waals surface area contributed by atoms with E-state index in [1.807, 2.05) is 0 Å². The zero-order valence-electron chi connectivity index (χ0n) is 10.2. The van der Waals surface area contributed by atoms with Gasteiger partial charge in [0.25, 0.3) is 0 Å². The van der Waals surface area contributed by atoms with Gasteiger partial charge < -0.3 is 10.2 Å². The summed E-state index contributed by atoms with van der Waals surface area (Å²) in [4.78, 5) is 2.14. The first-order valence-electron chi connectivity index (χ1n) is 5.61. The van der Waals surface area contributed by atoms with Crippen LogP contribution in [0.4, 0.5) is 11.4 Å². The van der Waals surface area contributed by atoms with Crippen molar-refractivity contribution in [2.24, 2.45) is 5.92 Å². The molecule has 2 heteroatoms. The second-order valence-electron chi connectivity index (χ2n) is 4.52. The van der Waals surface area contributed by atoms with E-state index in [9.17, 15) is 0 Å². The van der Waals surface area contributed by atoms with Crippen molar-refractivity contribution in [1.82, 2.24) is 0 Å². The molecule has 0 aliphatic rings. The highest BCUT2D eigenvalue weighted by molar-refractivity contribution is 5.69. The molecule has 1 rings (SSSR count). The molecular formula is C13H22N2. The van der Waals surface area contributed by atoms with Gasteiger partial charge in [0.15, 0.2) is 0 Å². The molecule has 15 heavy (non-hydrogen) atoms. The van der Waals surface area contributed by atoms with Crippen LogP contribution in [-0.4, -0.2) is 20.6 Å². The van der Waals surface area contributed by atoms with Crippen LogP contribution in [0, 0.1) is 5.92 Å². The molecule has 0 unspecified atom stereocenters. The molecule has 0 aliphatic carbocycles. The third-order valence-electron chi connectivity index (χ3n) is 2.42. The van der Waals surface area contributed by atoms with Gasteiger partial charge in [-0.05, 0) is 24.5 Å². The van der Waals surface area contributed by atoms with Crippen molar-refractivity contribution in [3.63, 3.8) is 0 Å². The zero-order valence-corrected chi connectivity index (χ0v) is 10.2. The Morgan fingerprint density at radius 1 is 1.20 bits per heavy atom. The summed E-state index contributed by atoms with van der Waals surface area (Å²) in [5.41, 5.74) is 2.48.